The van der Waals surface area contributed by atoms with Crippen molar-refractivity contribution in [2.75, 3.05) is 26.2 Å². The Labute approximate surface area is 208 Å². The van der Waals surface area contributed by atoms with Crippen LogP contribution in [0.25, 0.3) is 0 Å². The molecule has 2 aromatic rings. The van der Waals surface area contributed by atoms with Crippen molar-refractivity contribution >= 4 is 29.9 Å². The molecule has 2 saturated heterocycles. The second kappa shape index (κ2) is 12.5. The molecule has 0 amide bonds. The maximum atomic E-state index is 5.78. The summed E-state index contributed by atoms with van der Waals surface area (Å²) in [5, 5.41) is 15.6. The fourth-order valence-electron chi connectivity index (χ4n) is 4.26. The number of ether oxygens (including phenoxy) is 1. The van der Waals surface area contributed by atoms with Gasteiger partial charge in [-0.1, -0.05) is 30.3 Å². The fraction of sp³-hybridized carbons (Fsp3) is 0.609. The number of halogens is 1. The highest BCUT2D eigenvalue weighted by molar-refractivity contribution is 14.0. The van der Waals surface area contributed by atoms with E-state index in [1.54, 1.807) is 0 Å². The number of aliphatic imine (C=N–C) groups is 1. The summed E-state index contributed by atoms with van der Waals surface area (Å²) < 4.78 is 7.77. The number of piperidine rings is 1. The Morgan fingerprint density at radius 3 is 2.75 bits per heavy atom. The van der Waals surface area contributed by atoms with Crippen LogP contribution in [0.15, 0.2) is 35.3 Å². The van der Waals surface area contributed by atoms with E-state index in [0.29, 0.717) is 12.6 Å². The van der Waals surface area contributed by atoms with Gasteiger partial charge in [-0.2, -0.15) is 0 Å². The van der Waals surface area contributed by atoms with E-state index in [1.165, 1.54) is 12.0 Å². The molecule has 176 valence electrons. The van der Waals surface area contributed by atoms with Crippen molar-refractivity contribution in [2.45, 2.75) is 57.8 Å². The van der Waals surface area contributed by atoms with Gasteiger partial charge in [0.15, 0.2) is 11.8 Å². The van der Waals surface area contributed by atoms with Crippen molar-refractivity contribution in [3.63, 3.8) is 0 Å². The van der Waals surface area contributed by atoms with E-state index in [2.05, 4.69) is 56.1 Å². The molecule has 0 saturated carbocycles. The summed E-state index contributed by atoms with van der Waals surface area (Å²) >= 11 is 0. The third-order valence-electron chi connectivity index (χ3n) is 6.18. The largest absolute Gasteiger partial charge is 0.376 e. The number of hydrogen-bond donors (Lipinski definition) is 2. The van der Waals surface area contributed by atoms with Crippen LogP contribution in [-0.2, 0) is 24.9 Å². The van der Waals surface area contributed by atoms with Gasteiger partial charge < -0.3 is 19.9 Å². The first kappa shape index (κ1) is 24.9. The summed E-state index contributed by atoms with van der Waals surface area (Å²) in [6.07, 6.45) is 4.85. The maximum absolute atomic E-state index is 5.78. The highest BCUT2D eigenvalue weighted by Gasteiger charge is 2.22. The van der Waals surface area contributed by atoms with Crippen LogP contribution >= 0.6 is 24.0 Å². The molecular formula is C23H36IN7O. The topological polar surface area (TPSA) is 79.6 Å². The monoisotopic (exact) mass is 553 g/mol. The molecular weight excluding hydrogens is 517 g/mol. The van der Waals surface area contributed by atoms with Crippen molar-refractivity contribution in [2.24, 2.45) is 12.0 Å². The van der Waals surface area contributed by atoms with Gasteiger partial charge in [0.25, 0.3) is 0 Å². The van der Waals surface area contributed by atoms with E-state index in [9.17, 15) is 0 Å². The summed E-state index contributed by atoms with van der Waals surface area (Å²) in [6, 6.07) is 11.1. The fourth-order valence-corrected chi connectivity index (χ4v) is 4.26. The molecule has 32 heavy (non-hydrogen) atoms. The molecule has 0 radical (unpaired) electrons. The smallest absolute Gasteiger partial charge is 0.192 e. The summed E-state index contributed by atoms with van der Waals surface area (Å²) in [7, 11) is 1.98. The minimum atomic E-state index is 0. The molecule has 9 heteroatoms. The number of rotatable bonds is 7. The van der Waals surface area contributed by atoms with Crippen LogP contribution in [0.2, 0.25) is 0 Å². The van der Waals surface area contributed by atoms with E-state index in [1.807, 2.05) is 18.5 Å². The van der Waals surface area contributed by atoms with Gasteiger partial charge in [0, 0.05) is 39.3 Å². The number of guanidine groups is 1. The summed E-state index contributed by atoms with van der Waals surface area (Å²) in [5.74, 6) is 2.60. The van der Waals surface area contributed by atoms with E-state index >= 15 is 0 Å². The molecule has 2 unspecified atom stereocenters. The normalized spacial score (nSPS) is 21.9. The Balaban J connectivity index is 0.00000289. The molecule has 4 rings (SSSR count). The summed E-state index contributed by atoms with van der Waals surface area (Å²) in [6.45, 7) is 7.25. The maximum Gasteiger partial charge on any atom is 0.192 e. The van der Waals surface area contributed by atoms with Gasteiger partial charge in [-0.25, -0.2) is 4.99 Å². The third kappa shape index (κ3) is 7.14. The average molecular weight is 553 g/mol. The van der Waals surface area contributed by atoms with Gasteiger partial charge in [-0.15, -0.1) is 34.2 Å². The molecule has 2 aliphatic heterocycles. The average Bonchev–Trinajstić information content (AvgIpc) is 3.42. The first-order valence-corrected chi connectivity index (χ1v) is 11.4. The van der Waals surface area contributed by atoms with Gasteiger partial charge in [-0.3, -0.25) is 4.90 Å². The van der Waals surface area contributed by atoms with E-state index in [0.717, 1.165) is 69.7 Å². The van der Waals surface area contributed by atoms with Crippen molar-refractivity contribution in [3.05, 3.63) is 47.5 Å². The van der Waals surface area contributed by atoms with Crippen molar-refractivity contribution in [1.29, 1.82) is 0 Å². The highest BCUT2D eigenvalue weighted by Crippen LogP contribution is 2.14. The van der Waals surface area contributed by atoms with E-state index in [4.69, 9.17) is 9.73 Å². The van der Waals surface area contributed by atoms with Crippen molar-refractivity contribution in [3.8, 4) is 0 Å². The van der Waals surface area contributed by atoms with Crippen LogP contribution in [-0.4, -0.2) is 64.0 Å². The number of nitrogens with one attached hydrogen (secondary N) is 2. The Kier molecular flexibility index (Phi) is 9.73. The summed E-state index contributed by atoms with van der Waals surface area (Å²) in [4.78, 5) is 7.36. The molecule has 0 spiro atoms. The molecule has 2 atom stereocenters. The van der Waals surface area contributed by atoms with Crippen molar-refractivity contribution < 1.29 is 4.74 Å². The SMILES string of the molecule is Cc1nnc(CN=C(NCC2CCCO2)NC2CCCN(Cc3ccccc3)C2)n1C.I. The second-order valence-electron chi connectivity index (χ2n) is 8.61. The predicted octanol–water partition coefficient (Wildman–Crippen LogP) is 2.62. The standard InChI is InChI=1S/C23H35N7O.HI/c1-18-27-28-22(29(18)2)15-25-23(24-14-21-11-7-13-31-21)26-20-10-6-12-30(17-20)16-19-8-4-3-5-9-19;/h3-5,8-9,20-21H,6-7,10-17H2,1-2H3,(H2,24,25,26);1H. The Morgan fingerprint density at radius 2 is 2.03 bits per heavy atom. The lowest BCUT2D eigenvalue weighted by molar-refractivity contribution is 0.113. The van der Waals surface area contributed by atoms with Gasteiger partial charge >= 0.3 is 0 Å². The molecule has 1 aromatic carbocycles. The molecule has 1 aromatic heterocycles. The lowest BCUT2D eigenvalue weighted by Crippen LogP contribution is -2.51. The minimum absolute atomic E-state index is 0. The lowest BCUT2D eigenvalue weighted by Gasteiger charge is -2.34. The molecule has 2 N–H and O–H groups in total. The van der Waals surface area contributed by atoms with Crippen LogP contribution in [0.5, 0.6) is 0 Å². The van der Waals surface area contributed by atoms with Crippen LogP contribution < -0.4 is 10.6 Å². The summed E-state index contributed by atoms with van der Waals surface area (Å²) in [5.41, 5.74) is 1.37. The second-order valence-corrected chi connectivity index (χ2v) is 8.61. The van der Waals surface area contributed by atoms with Gasteiger partial charge in [-0.05, 0) is 44.7 Å². The number of likely N-dealkylation sites (tertiary alicyclic amines) is 1. The third-order valence-corrected chi connectivity index (χ3v) is 6.18. The highest BCUT2D eigenvalue weighted by atomic mass is 127. The molecule has 2 fully saturated rings. The van der Waals surface area contributed by atoms with Gasteiger partial charge in [0.05, 0.1) is 6.10 Å². The Hall–Kier alpha value is -1.72. The quantitative estimate of drug-likeness (QED) is 0.312. The lowest BCUT2D eigenvalue weighted by atomic mass is 10.0. The first-order chi connectivity index (χ1) is 15.2. The predicted molar refractivity (Wildman–Crippen MR) is 137 cm³/mol. The molecule has 8 nitrogen and oxygen atoms in total. The van der Waals surface area contributed by atoms with E-state index in [-0.39, 0.29) is 30.1 Å². The van der Waals surface area contributed by atoms with E-state index < -0.39 is 0 Å². The van der Waals surface area contributed by atoms with Gasteiger partial charge in [0.2, 0.25) is 0 Å². The first-order valence-electron chi connectivity index (χ1n) is 11.4. The molecule has 3 heterocycles. The Bertz CT molecular complexity index is 851. The van der Waals surface area contributed by atoms with Crippen LogP contribution in [0.4, 0.5) is 0 Å². The van der Waals surface area contributed by atoms with Crippen LogP contribution in [0.3, 0.4) is 0 Å². The number of hydrogen-bond acceptors (Lipinski definition) is 5. The molecule has 0 aliphatic carbocycles. The molecule has 0 bridgehead atoms. The number of nitrogens with zero attached hydrogens (tertiary/aromatic N) is 5. The zero-order valence-electron chi connectivity index (χ0n) is 19.2. The zero-order valence-corrected chi connectivity index (χ0v) is 21.5. The number of benzene rings is 1. The van der Waals surface area contributed by atoms with Gasteiger partial charge in [0.1, 0.15) is 12.4 Å². The number of aromatic nitrogens is 3. The number of aryl methyl sites for hydroxylation is 1. The zero-order chi connectivity index (χ0) is 21.5. The van der Waals surface area contributed by atoms with Crippen molar-refractivity contribution in [1.82, 2.24) is 30.3 Å². The molecule has 2 aliphatic rings. The van der Waals surface area contributed by atoms with Crippen LogP contribution in [0.1, 0.15) is 42.9 Å². The Morgan fingerprint density at radius 1 is 1.19 bits per heavy atom. The van der Waals surface area contributed by atoms with Crippen LogP contribution in [0, 0.1) is 6.92 Å². The minimum Gasteiger partial charge on any atom is -0.376 e.